The molecule has 0 aromatic heterocycles. The van der Waals surface area contributed by atoms with Crippen molar-refractivity contribution in [2.24, 2.45) is 0 Å². The van der Waals surface area contributed by atoms with E-state index in [1.807, 2.05) is 12.1 Å². The molecule has 1 atom stereocenters. The molecule has 2 aliphatic rings. The second-order valence-electron chi connectivity index (χ2n) is 8.48. The number of nitrogens with one attached hydrogen (secondary N) is 1. The zero-order chi connectivity index (χ0) is 25.6. The minimum Gasteiger partial charge on any atom is -0.486 e. The van der Waals surface area contributed by atoms with Crippen LogP contribution in [0.4, 0.5) is 4.39 Å². The van der Waals surface area contributed by atoms with Gasteiger partial charge in [0.15, 0.2) is 11.5 Å². The van der Waals surface area contributed by atoms with Crippen molar-refractivity contribution >= 4 is 40.7 Å². The van der Waals surface area contributed by atoms with Crippen molar-refractivity contribution in [1.29, 1.82) is 0 Å². The lowest BCUT2D eigenvalue weighted by Crippen LogP contribution is -2.29. The number of carbonyl (C=O) groups excluding carboxylic acids is 2. The van der Waals surface area contributed by atoms with Crippen molar-refractivity contribution < 1.29 is 23.5 Å². The number of ether oxygens (including phenoxy) is 2. The second-order valence-corrected chi connectivity index (χ2v) is 9.30. The minimum atomic E-state index is -0.763. The third-order valence-electron chi connectivity index (χ3n) is 6.28. The number of halogens is 3. The van der Waals surface area contributed by atoms with Crippen LogP contribution in [0.15, 0.2) is 77.5 Å². The normalized spacial score (nSPS) is 16.5. The number of ketones is 1. The summed E-state index contributed by atoms with van der Waals surface area (Å²) in [5, 5.41) is 3.62. The van der Waals surface area contributed by atoms with E-state index < -0.39 is 11.9 Å². The molecule has 182 valence electrons. The molecule has 0 saturated heterocycles. The van der Waals surface area contributed by atoms with E-state index in [1.165, 1.54) is 19.2 Å². The van der Waals surface area contributed by atoms with E-state index in [2.05, 4.69) is 5.32 Å². The molecular weight excluding hydrogens is 504 g/mol. The van der Waals surface area contributed by atoms with Crippen LogP contribution in [-0.4, -0.2) is 18.9 Å². The van der Waals surface area contributed by atoms with Crippen LogP contribution in [0, 0.1) is 5.82 Å². The predicted molar refractivity (Wildman–Crippen MR) is 135 cm³/mol. The number of methoxy groups -OCH3 is 1. The molecule has 0 amide bonds. The fourth-order valence-corrected chi connectivity index (χ4v) is 5.32. The van der Waals surface area contributed by atoms with E-state index >= 15 is 0 Å². The van der Waals surface area contributed by atoms with Gasteiger partial charge in [-0.2, -0.15) is 0 Å². The number of Topliss-reactive ketones (excluding diaryl/α,β-unsaturated/α-hetero) is 1. The first kappa shape index (κ1) is 24.1. The van der Waals surface area contributed by atoms with Crippen LogP contribution in [0.2, 0.25) is 10.0 Å². The molecule has 1 aliphatic heterocycles. The molecule has 5 rings (SSSR count). The number of esters is 1. The summed E-state index contributed by atoms with van der Waals surface area (Å²) in [5.41, 5.74) is 4.38. The highest BCUT2D eigenvalue weighted by atomic mass is 35.5. The summed E-state index contributed by atoms with van der Waals surface area (Å²) in [6, 6.07) is 16.5. The number of allylic oxidation sites excluding steroid dienone is 2. The van der Waals surface area contributed by atoms with Crippen LogP contribution in [0.1, 0.15) is 39.9 Å². The number of rotatable bonds is 5. The molecule has 0 saturated carbocycles. The maximum Gasteiger partial charge on any atom is 0.336 e. The topological polar surface area (TPSA) is 64.6 Å². The van der Waals surface area contributed by atoms with Gasteiger partial charge < -0.3 is 14.8 Å². The Morgan fingerprint density at radius 2 is 1.72 bits per heavy atom. The highest BCUT2D eigenvalue weighted by molar-refractivity contribution is 6.37. The molecular formula is C28H20Cl2FNO4. The number of carbonyl (C=O) groups is 2. The Balaban J connectivity index is 1.58. The Labute approximate surface area is 217 Å². The third kappa shape index (κ3) is 4.06. The van der Waals surface area contributed by atoms with Crippen molar-refractivity contribution in [2.75, 3.05) is 7.11 Å². The largest absolute Gasteiger partial charge is 0.486 e. The lowest BCUT2D eigenvalue weighted by Gasteiger charge is -2.29. The molecule has 1 N–H and O–H groups in total. The first-order valence-corrected chi connectivity index (χ1v) is 11.9. The summed E-state index contributed by atoms with van der Waals surface area (Å²) in [4.78, 5) is 26.4. The lowest BCUT2D eigenvalue weighted by molar-refractivity contribution is -0.136. The van der Waals surface area contributed by atoms with E-state index in [1.54, 1.807) is 43.3 Å². The molecule has 3 aromatic carbocycles. The number of hydrogen-bond acceptors (Lipinski definition) is 5. The van der Waals surface area contributed by atoms with Gasteiger partial charge in [0.2, 0.25) is 0 Å². The monoisotopic (exact) mass is 523 g/mol. The van der Waals surface area contributed by atoms with Crippen molar-refractivity contribution in [1.82, 2.24) is 5.32 Å². The van der Waals surface area contributed by atoms with Crippen molar-refractivity contribution in [3.8, 4) is 5.75 Å². The molecule has 3 aromatic rings. The third-order valence-corrected chi connectivity index (χ3v) is 6.84. The van der Waals surface area contributed by atoms with Crippen molar-refractivity contribution in [3.05, 3.63) is 116 Å². The minimum absolute atomic E-state index is 0.0550. The van der Waals surface area contributed by atoms with E-state index in [4.69, 9.17) is 32.7 Å². The Morgan fingerprint density at radius 3 is 2.39 bits per heavy atom. The van der Waals surface area contributed by atoms with Gasteiger partial charge in [0.1, 0.15) is 12.4 Å². The maximum absolute atomic E-state index is 13.5. The summed E-state index contributed by atoms with van der Waals surface area (Å²) in [6.07, 6.45) is 0. The van der Waals surface area contributed by atoms with Crippen LogP contribution < -0.4 is 10.1 Å². The standard InChI is InChI=1S/C28H20Cl2FNO4/c1-14-22(28(34)35-2)23(24-25(32-14)18-8-3-4-9-19(18)26(24)33)16-11-20(29)27(21(30)12-16)36-13-15-6-5-7-17(31)10-15/h3-12,23,32H,13H2,1-2H3/t23-/m1/s1. The molecule has 1 heterocycles. The molecule has 8 heteroatoms. The molecule has 0 spiro atoms. The molecule has 5 nitrogen and oxygen atoms in total. The summed E-state index contributed by atoms with van der Waals surface area (Å²) in [6.45, 7) is 1.81. The maximum atomic E-state index is 13.5. The zero-order valence-corrected chi connectivity index (χ0v) is 20.8. The molecule has 0 unspecified atom stereocenters. The summed E-state index contributed by atoms with van der Waals surface area (Å²) in [5.74, 6) is -1.68. The van der Waals surface area contributed by atoms with Gasteiger partial charge in [0, 0.05) is 28.3 Å². The smallest absolute Gasteiger partial charge is 0.336 e. The van der Waals surface area contributed by atoms with E-state index in [0.717, 1.165) is 5.56 Å². The SMILES string of the molecule is COC(=O)C1=C(C)NC2=C(C(=O)c3ccccc32)[C@@H]1c1cc(Cl)c(OCc2cccc(F)c2)c(Cl)c1. The Morgan fingerprint density at radius 1 is 1.03 bits per heavy atom. The summed E-state index contributed by atoms with van der Waals surface area (Å²) in [7, 11) is 1.29. The van der Waals surface area contributed by atoms with Gasteiger partial charge in [-0.05, 0) is 42.3 Å². The van der Waals surface area contributed by atoms with Gasteiger partial charge in [0.05, 0.1) is 28.4 Å². The van der Waals surface area contributed by atoms with Crippen LogP contribution in [0.3, 0.4) is 0 Å². The first-order valence-electron chi connectivity index (χ1n) is 11.1. The van der Waals surface area contributed by atoms with Gasteiger partial charge >= 0.3 is 5.97 Å². The number of fused-ring (bicyclic) bond motifs is 2. The fraction of sp³-hybridized carbons (Fsp3) is 0.143. The highest BCUT2D eigenvalue weighted by Gasteiger charge is 2.43. The zero-order valence-electron chi connectivity index (χ0n) is 19.3. The van der Waals surface area contributed by atoms with Crippen LogP contribution in [-0.2, 0) is 16.1 Å². The molecule has 1 aliphatic carbocycles. The number of benzene rings is 3. The Bertz CT molecular complexity index is 1470. The molecule has 0 radical (unpaired) electrons. The quantitative estimate of drug-likeness (QED) is 0.389. The number of dihydropyridines is 1. The summed E-state index contributed by atoms with van der Waals surface area (Å²) < 4.78 is 24.4. The van der Waals surface area contributed by atoms with Gasteiger partial charge in [-0.1, -0.05) is 59.6 Å². The van der Waals surface area contributed by atoms with Gasteiger partial charge in [-0.15, -0.1) is 0 Å². The molecule has 0 fully saturated rings. The van der Waals surface area contributed by atoms with Gasteiger partial charge in [-0.25, -0.2) is 9.18 Å². The van der Waals surface area contributed by atoms with Gasteiger partial charge in [0.25, 0.3) is 0 Å². The van der Waals surface area contributed by atoms with Crippen LogP contribution in [0.5, 0.6) is 5.75 Å². The lowest BCUT2D eigenvalue weighted by atomic mass is 9.80. The van der Waals surface area contributed by atoms with E-state index in [9.17, 15) is 14.0 Å². The van der Waals surface area contributed by atoms with E-state index in [-0.39, 0.29) is 39.6 Å². The highest BCUT2D eigenvalue weighted by Crippen LogP contribution is 2.48. The van der Waals surface area contributed by atoms with Crippen molar-refractivity contribution in [2.45, 2.75) is 19.4 Å². The Hall–Kier alpha value is -3.61. The second kappa shape index (κ2) is 9.45. The van der Waals surface area contributed by atoms with Crippen molar-refractivity contribution in [3.63, 3.8) is 0 Å². The van der Waals surface area contributed by atoms with Crippen LogP contribution in [0.25, 0.3) is 5.70 Å². The first-order chi connectivity index (χ1) is 17.3. The Kier molecular flexibility index (Phi) is 6.33. The van der Waals surface area contributed by atoms with Crippen LogP contribution >= 0.6 is 23.2 Å². The predicted octanol–water partition coefficient (Wildman–Crippen LogP) is 6.45. The fourth-order valence-electron chi connectivity index (χ4n) is 4.71. The average molecular weight is 524 g/mol. The van der Waals surface area contributed by atoms with Gasteiger partial charge in [-0.3, -0.25) is 4.79 Å². The molecule has 36 heavy (non-hydrogen) atoms. The van der Waals surface area contributed by atoms with E-state index in [0.29, 0.717) is 33.7 Å². The molecule has 0 bridgehead atoms. The number of hydrogen-bond donors (Lipinski definition) is 1. The average Bonchev–Trinajstić information content (AvgIpc) is 3.13. The summed E-state index contributed by atoms with van der Waals surface area (Å²) >= 11 is 13.2.